The van der Waals surface area contributed by atoms with Crippen molar-refractivity contribution in [3.63, 3.8) is 0 Å². The molecule has 1 aromatic carbocycles. The molecule has 4 nitrogen and oxygen atoms in total. The van der Waals surface area contributed by atoms with Crippen LogP contribution in [-0.2, 0) is 14.4 Å². The summed E-state index contributed by atoms with van der Waals surface area (Å²) in [6, 6.07) is 7.06. The van der Waals surface area contributed by atoms with Gasteiger partial charge in [-0.05, 0) is 17.7 Å². The molecular weight excluding hydrogens is 230 g/mol. The highest BCUT2D eigenvalue weighted by Gasteiger charge is 2.02. The Balaban J connectivity index is 2.41. The molecule has 1 N–H and O–H groups in total. The lowest BCUT2D eigenvalue weighted by molar-refractivity contribution is -0.147. The molecule has 5 heteroatoms. The van der Waals surface area contributed by atoms with E-state index in [1.54, 1.807) is 24.3 Å². The smallest absolute Gasteiger partial charge is 0.334 e. The van der Waals surface area contributed by atoms with E-state index in [-0.39, 0.29) is 6.61 Å². The zero-order valence-corrected chi connectivity index (χ0v) is 9.58. The Morgan fingerprint density at radius 3 is 2.62 bits per heavy atom. The molecular formula is C11H12ClNO3. The van der Waals surface area contributed by atoms with Crippen LogP contribution in [-0.4, -0.2) is 19.7 Å². The molecule has 0 bridgehead atoms. The molecule has 0 aliphatic heterocycles. The fraction of sp³-hybridized carbons (Fsp3) is 0.182. The van der Waals surface area contributed by atoms with Crippen molar-refractivity contribution in [2.45, 2.75) is 0 Å². The van der Waals surface area contributed by atoms with Gasteiger partial charge in [0, 0.05) is 5.02 Å². The number of halogens is 1. The van der Waals surface area contributed by atoms with Crippen molar-refractivity contribution in [1.29, 1.82) is 0 Å². The van der Waals surface area contributed by atoms with Crippen molar-refractivity contribution in [3.8, 4) is 0 Å². The molecule has 0 saturated carbocycles. The number of ether oxygens (including phenoxy) is 1. The quantitative estimate of drug-likeness (QED) is 0.633. The molecule has 0 aliphatic carbocycles. The summed E-state index contributed by atoms with van der Waals surface area (Å²) in [5.41, 5.74) is 3.92. The number of esters is 1. The van der Waals surface area contributed by atoms with Crippen molar-refractivity contribution in [3.05, 3.63) is 41.4 Å². The van der Waals surface area contributed by atoms with E-state index in [1.165, 1.54) is 7.11 Å². The van der Waals surface area contributed by atoms with E-state index in [9.17, 15) is 4.79 Å². The molecule has 0 unspecified atom stereocenters. The second-order valence-corrected chi connectivity index (χ2v) is 3.39. The number of rotatable bonds is 5. The summed E-state index contributed by atoms with van der Waals surface area (Å²) in [5.74, 6) is -0.462. The Labute approximate surface area is 98.8 Å². The lowest BCUT2D eigenvalue weighted by Crippen LogP contribution is -2.19. The van der Waals surface area contributed by atoms with Gasteiger partial charge < -0.3 is 4.74 Å². The summed E-state index contributed by atoms with van der Waals surface area (Å²) >= 11 is 5.74. The Bertz CT molecular complexity index is 375. The third kappa shape index (κ3) is 3.92. The molecule has 86 valence electrons. The highest BCUT2D eigenvalue weighted by molar-refractivity contribution is 6.30. The van der Waals surface area contributed by atoms with Gasteiger partial charge in [0.05, 0.1) is 12.8 Å². The Hall–Kier alpha value is -1.52. The van der Waals surface area contributed by atoms with Crippen molar-refractivity contribution < 1.29 is 14.4 Å². The van der Waals surface area contributed by atoms with Crippen LogP contribution in [0.2, 0.25) is 5.02 Å². The SMILES string of the molecule is C=C(NOCC(=O)OC)c1ccc(Cl)cc1. The molecule has 16 heavy (non-hydrogen) atoms. The molecule has 1 rings (SSSR count). The third-order valence-corrected chi connectivity index (χ3v) is 2.06. The van der Waals surface area contributed by atoms with Gasteiger partial charge >= 0.3 is 5.97 Å². The number of hydroxylamine groups is 1. The first-order valence-corrected chi connectivity index (χ1v) is 4.90. The topological polar surface area (TPSA) is 47.6 Å². The summed E-state index contributed by atoms with van der Waals surface area (Å²) in [5, 5.41) is 0.645. The first-order valence-electron chi connectivity index (χ1n) is 4.53. The van der Waals surface area contributed by atoms with Crippen LogP contribution in [0.15, 0.2) is 30.8 Å². The van der Waals surface area contributed by atoms with Crippen LogP contribution >= 0.6 is 11.6 Å². The Morgan fingerprint density at radius 1 is 1.44 bits per heavy atom. The number of hydrogen-bond donors (Lipinski definition) is 1. The zero-order valence-electron chi connectivity index (χ0n) is 8.83. The minimum absolute atomic E-state index is 0.177. The summed E-state index contributed by atoms with van der Waals surface area (Å²) in [4.78, 5) is 15.6. The predicted octanol–water partition coefficient (Wildman–Crippen LogP) is 2.00. The van der Waals surface area contributed by atoms with Gasteiger partial charge in [-0.1, -0.05) is 30.3 Å². The normalized spacial score (nSPS) is 9.62. The van der Waals surface area contributed by atoms with Gasteiger partial charge in [0.25, 0.3) is 0 Å². The third-order valence-electron chi connectivity index (χ3n) is 1.81. The van der Waals surface area contributed by atoms with Crippen LogP contribution in [0.25, 0.3) is 5.70 Å². The van der Waals surface area contributed by atoms with Gasteiger partial charge in [-0.3, -0.25) is 10.3 Å². The van der Waals surface area contributed by atoms with Crippen LogP contribution in [0, 0.1) is 0 Å². The molecule has 0 atom stereocenters. The summed E-state index contributed by atoms with van der Waals surface area (Å²) in [7, 11) is 1.29. The number of carbonyl (C=O) groups excluding carboxylic acids is 1. The standard InChI is InChI=1S/C11H12ClNO3/c1-8(13-16-7-11(14)15-2)9-3-5-10(12)6-4-9/h3-6,13H,1,7H2,2H3. The highest BCUT2D eigenvalue weighted by atomic mass is 35.5. The summed E-state index contributed by atoms with van der Waals surface area (Å²) < 4.78 is 4.40. The number of hydrogen-bond acceptors (Lipinski definition) is 4. The molecule has 0 radical (unpaired) electrons. The van der Waals surface area contributed by atoms with Gasteiger partial charge in [-0.15, -0.1) is 0 Å². The predicted molar refractivity (Wildman–Crippen MR) is 61.6 cm³/mol. The number of benzene rings is 1. The first kappa shape index (κ1) is 12.5. The molecule has 0 spiro atoms. The maximum atomic E-state index is 10.7. The van der Waals surface area contributed by atoms with E-state index >= 15 is 0 Å². The average Bonchev–Trinajstić information content (AvgIpc) is 2.29. The minimum atomic E-state index is -0.462. The number of nitrogens with one attached hydrogen (secondary N) is 1. The number of carbonyl (C=O) groups is 1. The van der Waals surface area contributed by atoms with E-state index in [4.69, 9.17) is 16.4 Å². The highest BCUT2D eigenvalue weighted by Crippen LogP contribution is 2.13. The molecule has 0 aliphatic rings. The van der Waals surface area contributed by atoms with Gasteiger partial charge in [0.1, 0.15) is 0 Å². The molecule has 0 saturated heterocycles. The molecule has 0 amide bonds. The van der Waals surface area contributed by atoms with Crippen molar-refractivity contribution in [2.24, 2.45) is 0 Å². The second kappa shape index (κ2) is 6.15. The van der Waals surface area contributed by atoms with Gasteiger partial charge in [0.15, 0.2) is 6.61 Å². The van der Waals surface area contributed by atoms with Crippen LogP contribution in [0.3, 0.4) is 0 Å². The maximum absolute atomic E-state index is 10.7. The molecule has 0 aromatic heterocycles. The Kier molecular flexibility index (Phi) is 4.82. The first-order chi connectivity index (χ1) is 7.63. The fourth-order valence-corrected chi connectivity index (χ4v) is 1.08. The largest absolute Gasteiger partial charge is 0.467 e. The lowest BCUT2D eigenvalue weighted by Gasteiger charge is -2.08. The van der Waals surface area contributed by atoms with E-state index in [1.807, 2.05) is 0 Å². The molecule has 1 aromatic rings. The van der Waals surface area contributed by atoms with Crippen molar-refractivity contribution in [2.75, 3.05) is 13.7 Å². The number of methoxy groups -OCH3 is 1. The average molecular weight is 242 g/mol. The monoisotopic (exact) mass is 241 g/mol. The minimum Gasteiger partial charge on any atom is -0.467 e. The molecule has 0 heterocycles. The Morgan fingerprint density at radius 2 is 2.06 bits per heavy atom. The van der Waals surface area contributed by atoms with E-state index in [0.717, 1.165) is 5.56 Å². The molecule has 0 fully saturated rings. The van der Waals surface area contributed by atoms with E-state index in [0.29, 0.717) is 10.7 Å². The summed E-state index contributed by atoms with van der Waals surface area (Å²) in [6.45, 7) is 3.57. The van der Waals surface area contributed by atoms with Gasteiger partial charge in [-0.2, -0.15) is 0 Å². The van der Waals surface area contributed by atoms with Crippen LogP contribution in [0.5, 0.6) is 0 Å². The van der Waals surface area contributed by atoms with Gasteiger partial charge in [0.2, 0.25) is 0 Å². The van der Waals surface area contributed by atoms with Crippen molar-refractivity contribution in [1.82, 2.24) is 5.48 Å². The second-order valence-electron chi connectivity index (χ2n) is 2.95. The van der Waals surface area contributed by atoms with E-state index < -0.39 is 5.97 Å². The lowest BCUT2D eigenvalue weighted by atomic mass is 10.2. The van der Waals surface area contributed by atoms with Crippen LogP contribution < -0.4 is 5.48 Å². The fourth-order valence-electron chi connectivity index (χ4n) is 0.951. The maximum Gasteiger partial charge on any atom is 0.334 e. The zero-order chi connectivity index (χ0) is 12.0. The van der Waals surface area contributed by atoms with Gasteiger partial charge in [-0.25, -0.2) is 4.79 Å². The van der Waals surface area contributed by atoms with Crippen LogP contribution in [0.1, 0.15) is 5.56 Å². The van der Waals surface area contributed by atoms with Crippen molar-refractivity contribution >= 4 is 23.3 Å². The summed E-state index contributed by atoms with van der Waals surface area (Å²) in [6.07, 6.45) is 0. The van der Waals surface area contributed by atoms with E-state index in [2.05, 4.69) is 16.8 Å². The van der Waals surface area contributed by atoms with Crippen LogP contribution in [0.4, 0.5) is 0 Å².